The van der Waals surface area contributed by atoms with Gasteiger partial charge in [0.2, 0.25) is 0 Å². The van der Waals surface area contributed by atoms with E-state index in [1.54, 1.807) is 12.1 Å². The molecule has 0 saturated carbocycles. The van der Waals surface area contributed by atoms with Crippen LogP contribution in [0.15, 0.2) is 91.0 Å². The summed E-state index contributed by atoms with van der Waals surface area (Å²) < 4.78 is 0. The standard InChI is InChI=1S/C13H8N2O2.C12H8N2/c16-13(17)8-4-3-7-11-12(8)15-10-6-2-1-5-9(10)14-11;1-2-6-10-9(5-1)13-11-7-3-4-8-12(11)14-10/h1-7H,(H,16,17);1-8H. The molecule has 4 aromatic carbocycles. The van der Waals surface area contributed by atoms with Gasteiger partial charge < -0.3 is 5.11 Å². The third-order valence-corrected chi connectivity index (χ3v) is 4.85. The number of aromatic carboxylic acids is 1. The highest BCUT2D eigenvalue weighted by Crippen LogP contribution is 2.19. The van der Waals surface area contributed by atoms with Crippen LogP contribution in [0, 0.1) is 0 Å². The van der Waals surface area contributed by atoms with Crippen LogP contribution in [0.2, 0.25) is 0 Å². The van der Waals surface area contributed by atoms with Crippen LogP contribution in [0.3, 0.4) is 0 Å². The van der Waals surface area contributed by atoms with Gasteiger partial charge in [0.15, 0.2) is 0 Å². The van der Waals surface area contributed by atoms with Crippen LogP contribution in [0.4, 0.5) is 0 Å². The molecule has 2 heterocycles. The van der Waals surface area contributed by atoms with Gasteiger partial charge in [0.05, 0.1) is 44.2 Å². The molecule has 0 aliphatic carbocycles. The second kappa shape index (κ2) is 7.76. The lowest BCUT2D eigenvalue weighted by Crippen LogP contribution is -1.99. The Morgan fingerprint density at radius 1 is 0.484 bits per heavy atom. The summed E-state index contributed by atoms with van der Waals surface area (Å²) in [7, 11) is 0. The molecule has 0 fully saturated rings. The first kappa shape index (κ1) is 18.6. The van der Waals surface area contributed by atoms with Gasteiger partial charge in [0, 0.05) is 0 Å². The van der Waals surface area contributed by atoms with Crippen molar-refractivity contribution in [3.05, 3.63) is 96.6 Å². The molecule has 1 N–H and O–H groups in total. The van der Waals surface area contributed by atoms with Gasteiger partial charge in [-0.3, -0.25) is 0 Å². The number of carbonyl (C=O) groups is 1. The topological polar surface area (TPSA) is 88.9 Å². The Kier molecular flexibility index (Phi) is 4.65. The molecule has 0 atom stereocenters. The van der Waals surface area contributed by atoms with Crippen LogP contribution in [-0.2, 0) is 0 Å². The summed E-state index contributed by atoms with van der Waals surface area (Å²) in [5.41, 5.74) is 6.48. The first-order valence-electron chi connectivity index (χ1n) is 9.69. The minimum atomic E-state index is -0.986. The van der Waals surface area contributed by atoms with Crippen LogP contribution in [0.25, 0.3) is 44.1 Å². The number of para-hydroxylation sites is 7. The summed E-state index contributed by atoms with van der Waals surface area (Å²) in [6, 6.07) is 28.2. The molecule has 148 valence electrons. The maximum atomic E-state index is 11.1. The number of aromatic nitrogens is 4. The van der Waals surface area contributed by atoms with Crippen LogP contribution in [0.1, 0.15) is 10.4 Å². The monoisotopic (exact) mass is 404 g/mol. The fraction of sp³-hybridized carbons (Fsp3) is 0. The number of hydrogen-bond acceptors (Lipinski definition) is 5. The van der Waals surface area contributed by atoms with E-state index in [0.29, 0.717) is 16.6 Å². The van der Waals surface area contributed by atoms with Gasteiger partial charge >= 0.3 is 5.97 Å². The van der Waals surface area contributed by atoms with Crippen molar-refractivity contribution in [2.75, 3.05) is 0 Å². The van der Waals surface area contributed by atoms with E-state index < -0.39 is 5.97 Å². The lowest BCUT2D eigenvalue weighted by Gasteiger charge is -2.03. The van der Waals surface area contributed by atoms with Crippen LogP contribution in [0.5, 0.6) is 0 Å². The number of nitrogens with zero attached hydrogens (tertiary/aromatic N) is 4. The molecule has 0 spiro atoms. The third kappa shape index (κ3) is 3.62. The van der Waals surface area contributed by atoms with E-state index in [9.17, 15) is 4.79 Å². The Balaban J connectivity index is 0.000000134. The van der Waals surface area contributed by atoms with Gasteiger partial charge in [-0.25, -0.2) is 24.7 Å². The van der Waals surface area contributed by atoms with E-state index in [1.165, 1.54) is 6.07 Å². The average molecular weight is 404 g/mol. The first-order chi connectivity index (χ1) is 15.2. The molecule has 2 aromatic heterocycles. The molecule has 31 heavy (non-hydrogen) atoms. The number of rotatable bonds is 1. The molecular formula is C25H16N4O2. The van der Waals surface area contributed by atoms with Gasteiger partial charge in [-0.1, -0.05) is 42.5 Å². The van der Waals surface area contributed by atoms with Crippen molar-refractivity contribution in [2.24, 2.45) is 0 Å². The number of hydrogen-bond donors (Lipinski definition) is 1. The van der Waals surface area contributed by atoms with Gasteiger partial charge in [-0.05, 0) is 48.5 Å². The van der Waals surface area contributed by atoms with Crippen LogP contribution >= 0.6 is 0 Å². The molecule has 0 radical (unpaired) electrons. The van der Waals surface area contributed by atoms with E-state index in [-0.39, 0.29) is 5.56 Å². The summed E-state index contributed by atoms with van der Waals surface area (Å²) in [6.45, 7) is 0. The fourth-order valence-electron chi connectivity index (χ4n) is 3.38. The predicted molar refractivity (Wildman–Crippen MR) is 121 cm³/mol. The maximum Gasteiger partial charge on any atom is 0.337 e. The zero-order valence-corrected chi connectivity index (χ0v) is 16.3. The molecular weight excluding hydrogens is 388 g/mol. The van der Waals surface area contributed by atoms with Gasteiger partial charge in [0.1, 0.15) is 5.52 Å². The lowest BCUT2D eigenvalue weighted by molar-refractivity contribution is 0.0699. The van der Waals surface area contributed by atoms with E-state index in [4.69, 9.17) is 5.11 Å². The largest absolute Gasteiger partial charge is 0.478 e. The van der Waals surface area contributed by atoms with E-state index in [0.717, 1.165) is 27.6 Å². The SMILES string of the molecule is O=C(O)c1cccc2nc3ccccc3nc12.c1ccc2nc3ccccc3nc2c1. The highest BCUT2D eigenvalue weighted by atomic mass is 16.4. The van der Waals surface area contributed by atoms with Crippen molar-refractivity contribution in [2.45, 2.75) is 0 Å². The zero-order valence-electron chi connectivity index (χ0n) is 16.3. The molecule has 6 nitrogen and oxygen atoms in total. The predicted octanol–water partition coefficient (Wildman–Crippen LogP) is 5.26. The van der Waals surface area contributed by atoms with Gasteiger partial charge in [-0.2, -0.15) is 0 Å². The summed E-state index contributed by atoms with van der Waals surface area (Å²) in [5.74, 6) is -0.986. The first-order valence-corrected chi connectivity index (χ1v) is 9.69. The summed E-state index contributed by atoms with van der Waals surface area (Å²) in [4.78, 5) is 28.9. The maximum absolute atomic E-state index is 11.1. The second-order valence-corrected chi connectivity index (χ2v) is 6.89. The zero-order chi connectivity index (χ0) is 21.2. The summed E-state index contributed by atoms with van der Waals surface area (Å²) >= 11 is 0. The molecule has 6 rings (SSSR count). The molecule has 0 aliphatic rings. The van der Waals surface area contributed by atoms with E-state index in [1.807, 2.05) is 72.8 Å². The van der Waals surface area contributed by atoms with Crippen molar-refractivity contribution < 1.29 is 9.90 Å². The quantitative estimate of drug-likeness (QED) is 0.376. The van der Waals surface area contributed by atoms with Crippen LogP contribution < -0.4 is 0 Å². The molecule has 6 heteroatoms. The Bertz CT molecular complexity index is 1480. The van der Waals surface area contributed by atoms with Crippen LogP contribution in [-0.4, -0.2) is 31.0 Å². The van der Waals surface area contributed by atoms with Crippen molar-refractivity contribution in [3.8, 4) is 0 Å². The Labute approximate surface area is 176 Å². The molecule has 0 bridgehead atoms. The number of benzene rings is 4. The minimum Gasteiger partial charge on any atom is -0.478 e. The highest BCUT2D eigenvalue weighted by molar-refractivity contribution is 6.02. The molecule has 0 amide bonds. The fourth-order valence-corrected chi connectivity index (χ4v) is 3.38. The molecule has 0 aliphatic heterocycles. The van der Waals surface area contributed by atoms with Gasteiger partial charge in [0.25, 0.3) is 0 Å². The number of carboxylic acids is 1. The number of carboxylic acid groups (broad SMARTS) is 1. The van der Waals surface area contributed by atoms with Crippen molar-refractivity contribution in [3.63, 3.8) is 0 Å². The lowest BCUT2D eigenvalue weighted by atomic mass is 10.1. The van der Waals surface area contributed by atoms with Crippen molar-refractivity contribution >= 4 is 50.1 Å². The smallest absolute Gasteiger partial charge is 0.337 e. The number of fused-ring (bicyclic) bond motifs is 4. The van der Waals surface area contributed by atoms with Gasteiger partial charge in [-0.15, -0.1) is 0 Å². The second-order valence-electron chi connectivity index (χ2n) is 6.89. The minimum absolute atomic E-state index is 0.181. The third-order valence-electron chi connectivity index (χ3n) is 4.85. The Hall–Kier alpha value is -4.45. The van der Waals surface area contributed by atoms with Crippen molar-refractivity contribution in [1.29, 1.82) is 0 Å². The average Bonchev–Trinajstić information content (AvgIpc) is 2.81. The summed E-state index contributed by atoms with van der Waals surface area (Å²) in [6.07, 6.45) is 0. The molecule has 0 unspecified atom stereocenters. The Morgan fingerprint density at radius 2 is 0.839 bits per heavy atom. The summed E-state index contributed by atoms with van der Waals surface area (Å²) in [5, 5.41) is 9.09. The molecule has 6 aromatic rings. The Morgan fingerprint density at radius 3 is 1.26 bits per heavy atom. The van der Waals surface area contributed by atoms with E-state index >= 15 is 0 Å². The molecule has 0 saturated heterocycles. The highest BCUT2D eigenvalue weighted by Gasteiger charge is 2.10. The van der Waals surface area contributed by atoms with Crippen molar-refractivity contribution in [1.82, 2.24) is 19.9 Å². The normalized spacial score (nSPS) is 10.8. The van der Waals surface area contributed by atoms with E-state index in [2.05, 4.69) is 19.9 Å².